The fraction of sp³-hybridized carbons (Fsp3) is 0.742. The lowest BCUT2D eigenvalue weighted by Gasteiger charge is -2.51. The van der Waals surface area contributed by atoms with E-state index in [1.54, 1.807) is 0 Å². The Morgan fingerprint density at radius 2 is 0.356 bits per heavy atom. The van der Waals surface area contributed by atoms with Gasteiger partial charge in [-0.25, -0.2) is 0 Å². The number of carbonyl (C=O) groups is 16. The van der Waals surface area contributed by atoms with Gasteiger partial charge in [0.05, 0.1) is 0 Å². The van der Waals surface area contributed by atoms with E-state index in [1.165, 1.54) is 0 Å². The molecular weight excluding hydrogens is 1420 g/mol. The Hall–Kier alpha value is -8.88. The molecule has 5 rings (SSSR count). The number of carbonyl (C=O) groups excluding carboxylic acids is 16. The van der Waals surface area contributed by atoms with Gasteiger partial charge in [0.15, 0.2) is 98.6 Å². The average Bonchev–Trinajstić information content (AvgIpc) is 0.763. The maximum Gasteiger partial charge on any atom is 0.303 e. The highest BCUT2D eigenvalue weighted by molar-refractivity contribution is 5.72. The molecule has 42 nitrogen and oxygen atoms in total. The molecule has 5 heterocycles. The number of esters is 16. The Morgan fingerprint density at radius 1 is 0.202 bits per heavy atom. The molecule has 0 radical (unpaired) electrons. The molecule has 0 saturated carbocycles. The summed E-state index contributed by atoms with van der Waals surface area (Å²) in [6, 6.07) is 0. The SMILES string of the molecule is CC(=O)OC[C@H]1O[C@@H](O)[C@H](OC(C)=O)[C@@H](OC(C)=O)[C@@H]1O[C@@H]1O[C@H](COC(C)=O)[C@@H](O[C@@H]2O[C@H](COC(C)=O)[C@@H](O[C@@H]3O[C@H](COC(C)=O)[C@@H](O[C@@H]4O[C@H](COC(C)=O)[C@@H](OC(C)=O)[C@@H](OC(C)=O)[C@H]4OC(C)=O)[C@H](OC(C)=O)[C@H]3OC(C)=O)[C@H](OC(C)=O)[C@H]2OC(C)=O)[C@H](OC(C)=O)[C@H]1OC(C)=O. The molecule has 42 heteroatoms. The highest BCUT2D eigenvalue weighted by Crippen LogP contribution is 2.41. The lowest BCUT2D eigenvalue weighted by atomic mass is 9.94. The number of ether oxygens (including phenoxy) is 25. The van der Waals surface area contributed by atoms with E-state index < -0.39 is 282 Å². The first-order valence-electron chi connectivity index (χ1n) is 31.8. The summed E-state index contributed by atoms with van der Waals surface area (Å²) in [6.07, 6.45) is -51.3. The first kappa shape index (κ1) is 85.8. The zero-order valence-electron chi connectivity index (χ0n) is 59.2. The van der Waals surface area contributed by atoms with Crippen LogP contribution in [0.4, 0.5) is 0 Å². The normalized spacial score (nSPS) is 33.0. The first-order chi connectivity index (χ1) is 48.6. The monoisotopic (exact) mass is 1500 g/mol. The molecule has 584 valence electrons. The number of rotatable bonds is 29. The van der Waals surface area contributed by atoms with E-state index in [-0.39, 0.29) is 0 Å². The summed E-state index contributed by atoms with van der Waals surface area (Å²) < 4.78 is 146. The highest BCUT2D eigenvalue weighted by atomic mass is 16.8. The molecule has 25 atom stereocenters. The highest BCUT2D eigenvalue weighted by Gasteiger charge is 2.63. The van der Waals surface area contributed by atoms with Crippen molar-refractivity contribution in [3.05, 3.63) is 0 Å². The minimum atomic E-state index is -2.33. The van der Waals surface area contributed by atoms with Crippen LogP contribution < -0.4 is 0 Å². The second-order valence-electron chi connectivity index (χ2n) is 23.5. The fourth-order valence-corrected chi connectivity index (χ4v) is 11.3. The van der Waals surface area contributed by atoms with Crippen LogP contribution in [0.2, 0.25) is 0 Å². The molecule has 5 aliphatic rings. The van der Waals surface area contributed by atoms with Crippen molar-refractivity contribution in [1.29, 1.82) is 0 Å². The number of hydrogen-bond donors (Lipinski definition) is 1. The molecule has 0 aromatic heterocycles. The Balaban J connectivity index is 1.73. The van der Waals surface area contributed by atoms with Crippen LogP contribution in [0.25, 0.3) is 0 Å². The van der Waals surface area contributed by atoms with Crippen molar-refractivity contribution in [2.75, 3.05) is 33.0 Å². The van der Waals surface area contributed by atoms with Crippen LogP contribution in [0.15, 0.2) is 0 Å². The fourth-order valence-electron chi connectivity index (χ4n) is 11.3. The number of aliphatic hydroxyl groups excluding tert-OH is 1. The van der Waals surface area contributed by atoms with Crippen LogP contribution in [-0.2, 0) is 195 Å². The lowest BCUT2D eigenvalue weighted by molar-refractivity contribution is -0.393. The van der Waals surface area contributed by atoms with Gasteiger partial charge in [0.1, 0.15) is 88.0 Å². The van der Waals surface area contributed by atoms with Crippen molar-refractivity contribution in [2.24, 2.45) is 0 Å². The molecule has 5 aliphatic heterocycles. The predicted octanol–water partition coefficient (Wildman–Crippen LogP) is -2.79. The van der Waals surface area contributed by atoms with Crippen LogP contribution >= 0.6 is 0 Å². The quantitative estimate of drug-likeness (QED) is 0.0584. The van der Waals surface area contributed by atoms with Gasteiger partial charge in [-0.3, -0.25) is 76.7 Å². The summed E-state index contributed by atoms with van der Waals surface area (Å²) >= 11 is 0. The smallest absolute Gasteiger partial charge is 0.303 e. The zero-order chi connectivity index (χ0) is 77.9. The topological polar surface area (TPSA) is 524 Å². The summed E-state index contributed by atoms with van der Waals surface area (Å²) in [7, 11) is 0. The number of hydrogen-bond acceptors (Lipinski definition) is 42. The Bertz CT molecular complexity index is 3110. The van der Waals surface area contributed by atoms with E-state index in [2.05, 4.69) is 0 Å². The average molecular weight is 1500 g/mol. The lowest BCUT2D eigenvalue weighted by Crippen LogP contribution is -2.70. The Labute approximate surface area is 591 Å². The summed E-state index contributed by atoms with van der Waals surface area (Å²) in [5.41, 5.74) is 0. The van der Waals surface area contributed by atoms with Crippen LogP contribution in [0.1, 0.15) is 111 Å². The van der Waals surface area contributed by atoms with Gasteiger partial charge >= 0.3 is 95.5 Å². The van der Waals surface area contributed by atoms with E-state index >= 15 is 0 Å². The molecule has 5 saturated heterocycles. The minimum Gasteiger partial charge on any atom is -0.463 e. The summed E-state index contributed by atoms with van der Waals surface area (Å²) in [6.45, 7) is 9.94. The maximum atomic E-state index is 13.6. The Morgan fingerprint density at radius 3 is 0.558 bits per heavy atom. The van der Waals surface area contributed by atoms with Crippen LogP contribution in [0, 0.1) is 0 Å². The van der Waals surface area contributed by atoms with E-state index in [0.717, 1.165) is 111 Å². The van der Waals surface area contributed by atoms with E-state index in [4.69, 9.17) is 118 Å². The summed E-state index contributed by atoms with van der Waals surface area (Å²) in [5, 5.41) is 11.1. The molecular formula is C62H84O42. The van der Waals surface area contributed by atoms with E-state index in [9.17, 15) is 81.8 Å². The van der Waals surface area contributed by atoms with E-state index in [0.29, 0.717) is 0 Å². The van der Waals surface area contributed by atoms with Crippen molar-refractivity contribution in [3.8, 4) is 0 Å². The van der Waals surface area contributed by atoms with Crippen LogP contribution in [0.5, 0.6) is 0 Å². The van der Waals surface area contributed by atoms with Gasteiger partial charge < -0.3 is 124 Å². The van der Waals surface area contributed by atoms with Crippen molar-refractivity contribution >= 4 is 95.5 Å². The second kappa shape index (κ2) is 39.3. The van der Waals surface area contributed by atoms with Gasteiger partial charge in [0.25, 0.3) is 0 Å². The summed E-state index contributed by atoms with van der Waals surface area (Å²) in [5.74, 6) is -17.5. The number of aliphatic hydroxyl groups is 1. The van der Waals surface area contributed by atoms with Crippen LogP contribution in [-0.4, -0.2) is 287 Å². The molecule has 0 aliphatic carbocycles. The third kappa shape index (κ3) is 25.5. The zero-order valence-corrected chi connectivity index (χ0v) is 59.2. The molecule has 0 amide bonds. The van der Waals surface area contributed by atoms with Gasteiger partial charge in [-0.05, 0) is 0 Å². The van der Waals surface area contributed by atoms with Crippen molar-refractivity contribution in [2.45, 2.75) is 264 Å². The van der Waals surface area contributed by atoms with Crippen LogP contribution in [0.3, 0.4) is 0 Å². The molecule has 104 heavy (non-hydrogen) atoms. The minimum absolute atomic E-state index is 0.787. The second-order valence-corrected chi connectivity index (χ2v) is 23.5. The van der Waals surface area contributed by atoms with Gasteiger partial charge in [-0.2, -0.15) is 0 Å². The molecule has 0 spiro atoms. The molecule has 1 N–H and O–H groups in total. The molecule has 0 aromatic rings. The van der Waals surface area contributed by atoms with Gasteiger partial charge in [-0.1, -0.05) is 0 Å². The first-order valence-corrected chi connectivity index (χ1v) is 31.8. The Kier molecular flexibility index (Phi) is 32.4. The van der Waals surface area contributed by atoms with Gasteiger partial charge in [0, 0.05) is 111 Å². The third-order valence-electron chi connectivity index (χ3n) is 14.7. The van der Waals surface area contributed by atoms with E-state index in [1.807, 2.05) is 0 Å². The molecule has 0 unspecified atom stereocenters. The maximum absolute atomic E-state index is 13.6. The van der Waals surface area contributed by atoms with Gasteiger partial charge in [-0.15, -0.1) is 0 Å². The predicted molar refractivity (Wildman–Crippen MR) is 319 cm³/mol. The van der Waals surface area contributed by atoms with Crippen molar-refractivity contribution in [1.82, 2.24) is 0 Å². The van der Waals surface area contributed by atoms with Crippen molar-refractivity contribution in [3.63, 3.8) is 0 Å². The van der Waals surface area contributed by atoms with Gasteiger partial charge in [0.2, 0.25) is 0 Å². The molecule has 0 aromatic carbocycles. The summed E-state index contributed by atoms with van der Waals surface area (Å²) in [4.78, 5) is 207. The molecule has 5 fully saturated rings. The largest absolute Gasteiger partial charge is 0.463 e. The standard InChI is InChI=1S/C62H84O42/c1-22(63)80-17-38-44(48(86-28(7)69)53(58(79)96-38)91-33(12)74)101-60-55(93-35(14)76)50(88-30(9)71)46(40(98-60)19-82-24(3)65)103-62-57(95-37(16)78)52(90-32(11)73)47(42(100-62)21-84-26(5)67)104-61-56(94-36(15)77)51(89-31(10)72)45(41(99-61)20-83-25(4)66)102-59-54(92-34(13)75)49(87-29(8)70)43(85-27(6)68)39(97-59)18-81-23(2)64/h38-62,79H,17-21H2,1-16H3/t38-,39-,40-,41-,42-,43-,44-,45-,46-,47-,48+,49-,50+,51+,52+,53-,54-,55-,56-,57-,58-,59+,60+,61+,62+/m1/s1. The third-order valence-corrected chi connectivity index (χ3v) is 14.7. The molecule has 0 bridgehead atoms. The van der Waals surface area contributed by atoms with Crippen molar-refractivity contribution < 1.29 is 200 Å².